The highest BCUT2D eigenvalue weighted by Crippen LogP contribution is 2.40. The summed E-state index contributed by atoms with van der Waals surface area (Å²) in [5, 5.41) is 9.88. The van der Waals surface area contributed by atoms with E-state index in [2.05, 4.69) is 27.7 Å². The van der Waals surface area contributed by atoms with Gasteiger partial charge in [-0.05, 0) is 68.0 Å². The third-order valence-corrected chi connectivity index (χ3v) is 6.39. The van der Waals surface area contributed by atoms with E-state index in [1.807, 2.05) is 54.6 Å². The molecule has 0 spiro atoms. The quantitative estimate of drug-likeness (QED) is 0.372. The average Bonchev–Trinajstić information content (AvgIpc) is 2.85. The molecule has 1 aliphatic heterocycles. The summed E-state index contributed by atoms with van der Waals surface area (Å²) in [6.45, 7) is 8.37. The van der Waals surface area contributed by atoms with Crippen molar-refractivity contribution in [1.82, 2.24) is 0 Å². The maximum Gasteiger partial charge on any atom is 0.203 e. The number of rotatable bonds is 9. The monoisotopic (exact) mass is 474 g/mol. The highest BCUT2D eigenvalue weighted by atomic mass is 16.5. The number of fused-ring (bicyclic) bond motifs is 1. The number of ether oxygens (including phenoxy) is 3. The molecular weight excluding hydrogens is 440 g/mol. The predicted octanol–water partition coefficient (Wildman–Crippen LogP) is 6.25. The maximum atomic E-state index is 13.3. The van der Waals surface area contributed by atoms with Crippen LogP contribution in [0.5, 0.6) is 17.2 Å². The number of aliphatic hydroxyl groups excluding tert-OH is 1. The highest BCUT2D eigenvalue weighted by molar-refractivity contribution is 6.00. The van der Waals surface area contributed by atoms with E-state index in [-0.39, 0.29) is 24.6 Å². The fourth-order valence-corrected chi connectivity index (χ4v) is 4.27. The van der Waals surface area contributed by atoms with Crippen LogP contribution in [0, 0.1) is 0 Å². The number of hydrogen-bond donors (Lipinski definition) is 1. The molecule has 0 saturated heterocycles. The fraction of sp³-hybridized carbons (Fsp3) is 0.367. The Hall–Kier alpha value is -3.31. The lowest BCUT2D eigenvalue weighted by molar-refractivity contribution is 0.0813. The molecule has 35 heavy (non-hydrogen) atoms. The number of carbonyl (C=O) groups excluding carboxylic acids is 1. The maximum absolute atomic E-state index is 13.3. The molecule has 0 unspecified atom stereocenters. The van der Waals surface area contributed by atoms with E-state index in [1.165, 1.54) is 0 Å². The molecule has 4 rings (SSSR count). The molecule has 0 atom stereocenters. The zero-order chi connectivity index (χ0) is 25.0. The summed E-state index contributed by atoms with van der Waals surface area (Å²) in [6, 6.07) is 19.3. The standard InChI is InChI=1S/C30H34O5/c1-20(2)22-10-12-24(28(16-22)33-18-21-8-6-5-7-9-21)26(32)19-34-29-23(17-31)11-13-27-25(29)14-15-30(3,4)35-27/h5-13,16,20,31H,14-15,17-19H2,1-4H3. The van der Waals surface area contributed by atoms with Crippen molar-refractivity contribution < 1.29 is 24.1 Å². The van der Waals surface area contributed by atoms with Gasteiger partial charge in [-0.3, -0.25) is 4.79 Å². The molecule has 1 heterocycles. The molecule has 0 aromatic heterocycles. The average molecular weight is 475 g/mol. The van der Waals surface area contributed by atoms with Crippen molar-refractivity contribution >= 4 is 5.78 Å². The van der Waals surface area contributed by atoms with Gasteiger partial charge in [0.2, 0.25) is 5.78 Å². The van der Waals surface area contributed by atoms with Gasteiger partial charge in [0.1, 0.15) is 29.5 Å². The van der Waals surface area contributed by atoms with Crippen molar-refractivity contribution in [2.24, 2.45) is 0 Å². The molecule has 1 N–H and O–H groups in total. The molecule has 0 radical (unpaired) electrons. The normalized spacial score (nSPS) is 14.2. The summed E-state index contributed by atoms with van der Waals surface area (Å²) >= 11 is 0. The molecule has 5 heteroatoms. The van der Waals surface area contributed by atoms with Crippen molar-refractivity contribution in [2.45, 2.75) is 65.3 Å². The first-order chi connectivity index (χ1) is 16.8. The van der Waals surface area contributed by atoms with E-state index in [9.17, 15) is 9.90 Å². The van der Waals surface area contributed by atoms with Crippen LogP contribution in [0.2, 0.25) is 0 Å². The van der Waals surface area contributed by atoms with Crippen LogP contribution in [0.25, 0.3) is 0 Å². The van der Waals surface area contributed by atoms with E-state index in [4.69, 9.17) is 14.2 Å². The van der Waals surface area contributed by atoms with Crippen LogP contribution in [0.1, 0.15) is 72.6 Å². The zero-order valence-electron chi connectivity index (χ0n) is 21.0. The Morgan fingerprint density at radius 2 is 1.83 bits per heavy atom. The second-order valence-electron chi connectivity index (χ2n) is 9.95. The Morgan fingerprint density at radius 3 is 2.54 bits per heavy atom. The Balaban J connectivity index is 1.56. The molecule has 0 amide bonds. The van der Waals surface area contributed by atoms with Crippen LogP contribution in [0.15, 0.2) is 60.7 Å². The molecule has 0 aliphatic carbocycles. The minimum atomic E-state index is -0.260. The van der Waals surface area contributed by atoms with Gasteiger partial charge in [0.15, 0.2) is 6.61 Å². The van der Waals surface area contributed by atoms with Crippen LogP contribution in [0.4, 0.5) is 0 Å². The Labute approximate surface area is 207 Å². The van der Waals surface area contributed by atoms with E-state index in [0.717, 1.165) is 35.3 Å². The van der Waals surface area contributed by atoms with Crippen LogP contribution in [-0.2, 0) is 19.6 Å². The molecule has 1 aliphatic rings. The van der Waals surface area contributed by atoms with Crippen molar-refractivity contribution in [3.63, 3.8) is 0 Å². The first-order valence-electron chi connectivity index (χ1n) is 12.2. The van der Waals surface area contributed by atoms with E-state index in [0.29, 0.717) is 35.2 Å². The Morgan fingerprint density at radius 1 is 1.06 bits per heavy atom. The summed E-state index contributed by atoms with van der Waals surface area (Å²) in [7, 11) is 0. The van der Waals surface area contributed by atoms with E-state index in [1.54, 1.807) is 6.07 Å². The summed E-state index contributed by atoms with van der Waals surface area (Å²) in [5.41, 5.74) is 3.91. The van der Waals surface area contributed by atoms with E-state index < -0.39 is 0 Å². The smallest absolute Gasteiger partial charge is 0.203 e. The Bertz CT molecular complexity index is 1180. The number of ketones is 1. The molecule has 3 aromatic carbocycles. The summed E-state index contributed by atoms with van der Waals surface area (Å²) in [5.74, 6) is 1.97. The number of carbonyl (C=O) groups is 1. The minimum Gasteiger partial charge on any atom is -0.488 e. The first kappa shape index (κ1) is 24.8. The number of aliphatic hydroxyl groups is 1. The van der Waals surface area contributed by atoms with Gasteiger partial charge in [-0.25, -0.2) is 0 Å². The molecule has 0 fully saturated rings. The summed E-state index contributed by atoms with van der Waals surface area (Å²) in [6.07, 6.45) is 1.58. The van der Waals surface area contributed by atoms with Gasteiger partial charge >= 0.3 is 0 Å². The van der Waals surface area contributed by atoms with Gasteiger partial charge < -0.3 is 19.3 Å². The van der Waals surface area contributed by atoms with Crippen LogP contribution in [-0.4, -0.2) is 23.1 Å². The van der Waals surface area contributed by atoms with Crippen LogP contribution >= 0.6 is 0 Å². The largest absolute Gasteiger partial charge is 0.488 e. The van der Waals surface area contributed by atoms with Crippen LogP contribution < -0.4 is 14.2 Å². The minimum absolute atomic E-state index is 0.157. The third kappa shape index (κ3) is 5.85. The molecule has 3 aromatic rings. The highest BCUT2D eigenvalue weighted by Gasteiger charge is 2.30. The van der Waals surface area contributed by atoms with Gasteiger partial charge in [0, 0.05) is 11.1 Å². The number of benzene rings is 3. The number of Topliss-reactive ketones (excluding diaryl/α,β-unsaturated/α-hetero) is 1. The van der Waals surface area contributed by atoms with Gasteiger partial charge in [0.05, 0.1) is 12.2 Å². The summed E-state index contributed by atoms with van der Waals surface area (Å²) in [4.78, 5) is 13.3. The van der Waals surface area contributed by atoms with Gasteiger partial charge in [-0.1, -0.05) is 50.2 Å². The topological polar surface area (TPSA) is 65.0 Å². The van der Waals surface area contributed by atoms with Gasteiger partial charge in [-0.2, -0.15) is 0 Å². The lowest BCUT2D eigenvalue weighted by Gasteiger charge is -2.33. The predicted molar refractivity (Wildman–Crippen MR) is 137 cm³/mol. The second kappa shape index (κ2) is 10.5. The van der Waals surface area contributed by atoms with Crippen LogP contribution in [0.3, 0.4) is 0 Å². The van der Waals surface area contributed by atoms with E-state index >= 15 is 0 Å². The molecule has 0 bridgehead atoms. The second-order valence-corrected chi connectivity index (χ2v) is 9.95. The summed E-state index contributed by atoms with van der Waals surface area (Å²) < 4.78 is 18.3. The lowest BCUT2D eigenvalue weighted by Crippen LogP contribution is -2.33. The van der Waals surface area contributed by atoms with Crippen molar-refractivity contribution in [3.8, 4) is 17.2 Å². The lowest BCUT2D eigenvalue weighted by atomic mass is 9.92. The number of hydrogen-bond acceptors (Lipinski definition) is 5. The molecular formula is C30H34O5. The van der Waals surface area contributed by atoms with Gasteiger partial charge in [-0.15, -0.1) is 0 Å². The van der Waals surface area contributed by atoms with Crippen molar-refractivity contribution in [3.05, 3.63) is 88.5 Å². The van der Waals surface area contributed by atoms with Crippen molar-refractivity contribution in [1.29, 1.82) is 0 Å². The molecule has 184 valence electrons. The SMILES string of the molecule is CC(C)c1ccc(C(=O)COc2c(CO)ccc3c2CCC(C)(C)O3)c(OCc2ccccc2)c1. The molecule has 5 nitrogen and oxygen atoms in total. The Kier molecular flexibility index (Phi) is 7.46. The van der Waals surface area contributed by atoms with Gasteiger partial charge in [0.25, 0.3) is 0 Å². The zero-order valence-corrected chi connectivity index (χ0v) is 21.0. The van der Waals surface area contributed by atoms with Crippen molar-refractivity contribution in [2.75, 3.05) is 6.61 Å². The third-order valence-electron chi connectivity index (χ3n) is 6.39. The molecule has 0 saturated carbocycles. The fourth-order valence-electron chi connectivity index (χ4n) is 4.27. The first-order valence-corrected chi connectivity index (χ1v) is 12.2.